The van der Waals surface area contributed by atoms with Gasteiger partial charge in [0.25, 0.3) is 0 Å². The third kappa shape index (κ3) is 5.30. The zero-order valence-corrected chi connectivity index (χ0v) is 5.63. The van der Waals surface area contributed by atoms with Gasteiger partial charge in [-0.15, -0.1) is 0 Å². The standard InChI is InChI=1S/C6H13NO2/c1-5(4-8)2-3-6(7)9/h5,8H,2-4H2,1H3,(H2,7,9). The minimum absolute atomic E-state index is 0.132. The molecule has 0 aromatic rings. The van der Waals surface area contributed by atoms with Crippen molar-refractivity contribution in [2.75, 3.05) is 6.61 Å². The van der Waals surface area contributed by atoms with Gasteiger partial charge < -0.3 is 10.8 Å². The van der Waals surface area contributed by atoms with E-state index in [1.165, 1.54) is 0 Å². The van der Waals surface area contributed by atoms with Crippen molar-refractivity contribution >= 4 is 5.91 Å². The molecule has 0 saturated carbocycles. The summed E-state index contributed by atoms with van der Waals surface area (Å²) in [5.41, 5.74) is 4.87. The van der Waals surface area contributed by atoms with Crippen LogP contribution in [0.4, 0.5) is 0 Å². The monoisotopic (exact) mass is 131 g/mol. The molecule has 0 bridgehead atoms. The van der Waals surface area contributed by atoms with Crippen LogP contribution in [-0.4, -0.2) is 17.6 Å². The molecule has 0 spiro atoms. The maximum absolute atomic E-state index is 10.2. The van der Waals surface area contributed by atoms with E-state index in [2.05, 4.69) is 0 Å². The molecule has 1 unspecified atom stereocenters. The maximum Gasteiger partial charge on any atom is 0.217 e. The van der Waals surface area contributed by atoms with Crippen LogP contribution in [0.25, 0.3) is 0 Å². The van der Waals surface area contributed by atoms with E-state index in [9.17, 15) is 4.79 Å². The molecule has 0 aromatic carbocycles. The SMILES string of the molecule is CC(CO)CCC(N)=O. The van der Waals surface area contributed by atoms with E-state index in [-0.39, 0.29) is 18.4 Å². The summed E-state index contributed by atoms with van der Waals surface area (Å²) in [5, 5.41) is 8.50. The second-order valence-corrected chi connectivity index (χ2v) is 2.29. The highest BCUT2D eigenvalue weighted by Gasteiger charge is 2.00. The molecule has 0 heterocycles. The number of rotatable bonds is 4. The fraction of sp³-hybridized carbons (Fsp3) is 0.833. The lowest BCUT2D eigenvalue weighted by Crippen LogP contribution is -2.12. The minimum Gasteiger partial charge on any atom is -0.396 e. The molecule has 3 nitrogen and oxygen atoms in total. The Bertz CT molecular complexity index is 93.1. The number of nitrogens with two attached hydrogens (primary N) is 1. The third-order valence-electron chi connectivity index (χ3n) is 1.20. The van der Waals surface area contributed by atoms with Crippen molar-refractivity contribution in [1.82, 2.24) is 0 Å². The van der Waals surface area contributed by atoms with Gasteiger partial charge in [0.15, 0.2) is 0 Å². The highest BCUT2D eigenvalue weighted by Crippen LogP contribution is 2.02. The number of primary amides is 1. The molecule has 0 aliphatic heterocycles. The van der Waals surface area contributed by atoms with Gasteiger partial charge in [-0.1, -0.05) is 6.92 Å². The summed E-state index contributed by atoms with van der Waals surface area (Å²) in [7, 11) is 0. The molecule has 0 aliphatic rings. The van der Waals surface area contributed by atoms with E-state index < -0.39 is 0 Å². The normalized spacial score (nSPS) is 13.1. The highest BCUT2D eigenvalue weighted by molar-refractivity contribution is 5.73. The fourth-order valence-corrected chi connectivity index (χ4v) is 0.480. The van der Waals surface area contributed by atoms with Crippen LogP contribution in [0.3, 0.4) is 0 Å². The summed E-state index contributed by atoms with van der Waals surface area (Å²) in [4.78, 5) is 10.2. The number of amides is 1. The predicted molar refractivity (Wildman–Crippen MR) is 34.7 cm³/mol. The molecule has 0 fully saturated rings. The minimum atomic E-state index is -0.296. The van der Waals surface area contributed by atoms with Crippen LogP contribution in [0.1, 0.15) is 19.8 Å². The van der Waals surface area contributed by atoms with Crippen molar-refractivity contribution in [3.63, 3.8) is 0 Å². The van der Waals surface area contributed by atoms with Crippen molar-refractivity contribution in [2.24, 2.45) is 11.7 Å². The smallest absolute Gasteiger partial charge is 0.217 e. The first-order valence-corrected chi connectivity index (χ1v) is 3.06. The van der Waals surface area contributed by atoms with Gasteiger partial charge in [0, 0.05) is 13.0 Å². The molecule has 0 aromatic heterocycles. The Labute approximate surface area is 54.9 Å². The van der Waals surface area contributed by atoms with Gasteiger partial charge in [0.05, 0.1) is 0 Å². The number of carbonyl (C=O) groups excluding carboxylic acids is 1. The van der Waals surface area contributed by atoms with Crippen LogP contribution < -0.4 is 5.73 Å². The highest BCUT2D eigenvalue weighted by atomic mass is 16.3. The largest absolute Gasteiger partial charge is 0.396 e. The number of hydrogen-bond donors (Lipinski definition) is 2. The zero-order chi connectivity index (χ0) is 7.28. The summed E-state index contributed by atoms with van der Waals surface area (Å²) < 4.78 is 0. The number of aliphatic hydroxyl groups excluding tert-OH is 1. The molecule has 0 saturated heterocycles. The second kappa shape index (κ2) is 4.32. The van der Waals surface area contributed by atoms with Gasteiger partial charge in [-0.05, 0) is 12.3 Å². The maximum atomic E-state index is 10.2. The van der Waals surface area contributed by atoms with E-state index in [0.717, 1.165) is 0 Å². The van der Waals surface area contributed by atoms with Gasteiger partial charge in [0.2, 0.25) is 5.91 Å². The van der Waals surface area contributed by atoms with Crippen LogP contribution in [0.15, 0.2) is 0 Å². The Morgan fingerprint density at radius 2 is 2.33 bits per heavy atom. The molecule has 3 N–H and O–H groups in total. The summed E-state index contributed by atoms with van der Waals surface area (Å²) in [6.45, 7) is 2.01. The van der Waals surface area contributed by atoms with E-state index in [4.69, 9.17) is 10.8 Å². The molecule has 3 heteroatoms. The molecule has 0 rings (SSSR count). The van der Waals surface area contributed by atoms with Crippen molar-refractivity contribution in [1.29, 1.82) is 0 Å². The number of aliphatic hydroxyl groups is 1. The fourth-order valence-electron chi connectivity index (χ4n) is 0.480. The van der Waals surface area contributed by atoms with Gasteiger partial charge in [-0.3, -0.25) is 4.79 Å². The van der Waals surface area contributed by atoms with Crippen molar-refractivity contribution in [2.45, 2.75) is 19.8 Å². The van der Waals surface area contributed by atoms with E-state index in [1.54, 1.807) is 0 Å². The Balaban J connectivity index is 3.16. The van der Waals surface area contributed by atoms with Gasteiger partial charge >= 0.3 is 0 Å². The summed E-state index contributed by atoms with van der Waals surface area (Å²) >= 11 is 0. The molecule has 0 aliphatic carbocycles. The van der Waals surface area contributed by atoms with Crippen LogP contribution >= 0.6 is 0 Å². The number of carbonyl (C=O) groups is 1. The van der Waals surface area contributed by atoms with Crippen molar-refractivity contribution in [3.8, 4) is 0 Å². The molecular formula is C6H13NO2. The Kier molecular flexibility index (Phi) is 4.05. The third-order valence-corrected chi connectivity index (χ3v) is 1.20. The van der Waals surface area contributed by atoms with Gasteiger partial charge in [-0.2, -0.15) is 0 Å². The summed E-state index contributed by atoms with van der Waals surface area (Å²) in [5.74, 6) is -0.104. The quantitative estimate of drug-likeness (QED) is 0.558. The van der Waals surface area contributed by atoms with E-state index >= 15 is 0 Å². The van der Waals surface area contributed by atoms with Crippen molar-refractivity contribution in [3.05, 3.63) is 0 Å². The summed E-state index contributed by atoms with van der Waals surface area (Å²) in [6.07, 6.45) is 1.06. The molecule has 1 amide bonds. The first-order valence-electron chi connectivity index (χ1n) is 3.06. The molecule has 1 atom stereocenters. The Morgan fingerprint density at radius 3 is 2.67 bits per heavy atom. The van der Waals surface area contributed by atoms with Gasteiger partial charge in [-0.25, -0.2) is 0 Å². The Morgan fingerprint density at radius 1 is 1.78 bits per heavy atom. The van der Waals surface area contributed by atoms with E-state index in [1.807, 2.05) is 6.92 Å². The predicted octanol–water partition coefficient (Wildman–Crippen LogP) is -0.120. The van der Waals surface area contributed by atoms with Gasteiger partial charge in [0.1, 0.15) is 0 Å². The molecule has 0 radical (unpaired) electrons. The second-order valence-electron chi connectivity index (χ2n) is 2.29. The van der Waals surface area contributed by atoms with Crippen LogP contribution in [0, 0.1) is 5.92 Å². The molecular weight excluding hydrogens is 118 g/mol. The first-order chi connectivity index (χ1) is 4.16. The number of hydrogen-bond acceptors (Lipinski definition) is 2. The average molecular weight is 131 g/mol. The molecule has 54 valence electrons. The lowest BCUT2D eigenvalue weighted by molar-refractivity contribution is -0.118. The van der Waals surface area contributed by atoms with Crippen LogP contribution in [0.2, 0.25) is 0 Å². The average Bonchev–Trinajstić information content (AvgIpc) is 1.83. The lowest BCUT2D eigenvalue weighted by Gasteiger charge is -2.03. The molecule has 9 heavy (non-hydrogen) atoms. The van der Waals surface area contributed by atoms with Crippen LogP contribution in [-0.2, 0) is 4.79 Å². The Hall–Kier alpha value is -0.570. The van der Waals surface area contributed by atoms with Crippen molar-refractivity contribution < 1.29 is 9.90 Å². The van der Waals surface area contributed by atoms with E-state index in [0.29, 0.717) is 12.8 Å². The van der Waals surface area contributed by atoms with Crippen LogP contribution in [0.5, 0.6) is 0 Å². The lowest BCUT2D eigenvalue weighted by atomic mass is 10.1. The topological polar surface area (TPSA) is 63.3 Å². The zero-order valence-electron chi connectivity index (χ0n) is 5.63. The first kappa shape index (κ1) is 8.43. The summed E-state index contributed by atoms with van der Waals surface area (Å²) in [6, 6.07) is 0.